The number of alkyl halides is 3. The lowest BCUT2D eigenvalue weighted by Gasteiger charge is -2.10. The van der Waals surface area contributed by atoms with Crippen molar-refractivity contribution in [1.29, 1.82) is 10.5 Å². The van der Waals surface area contributed by atoms with Crippen LogP contribution in [-0.2, 0) is 6.18 Å². The summed E-state index contributed by atoms with van der Waals surface area (Å²) in [5.74, 6) is -1.30. The Bertz CT molecular complexity index is 468. The average Bonchev–Trinajstić information content (AvgIpc) is 2.20. The Kier molecular flexibility index (Phi) is 3.41. The van der Waals surface area contributed by atoms with Crippen molar-refractivity contribution in [1.82, 2.24) is 0 Å². The normalized spacial score (nSPS) is 10.9. The zero-order chi connectivity index (χ0) is 12.3. The maximum Gasteiger partial charge on any atom is 0.416 e. The molecule has 0 unspecified atom stereocenters. The number of nitrogens with zero attached hydrogens (tertiary/aromatic N) is 2. The van der Waals surface area contributed by atoms with Gasteiger partial charge in [-0.05, 0) is 18.2 Å². The van der Waals surface area contributed by atoms with E-state index in [1.165, 1.54) is 0 Å². The maximum absolute atomic E-state index is 12.4. The van der Waals surface area contributed by atoms with Gasteiger partial charge in [0, 0.05) is 10.6 Å². The first-order chi connectivity index (χ1) is 7.40. The predicted octanol–water partition coefficient (Wildman–Crippen LogP) is 3.49. The second kappa shape index (κ2) is 4.42. The van der Waals surface area contributed by atoms with Crippen molar-refractivity contribution in [2.24, 2.45) is 0 Å². The van der Waals surface area contributed by atoms with E-state index in [1.807, 2.05) is 0 Å². The van der Waals surface area contributed by atoms with Crippen LogP contribution < -0.4 is 0 Å². The first kappa shape index (κ1) is 12.4. The molecule has 0 atom stereocenters. The third-order valence-electron chi connectivity index (χ3n) is 1.89. The van der Waals surface area contributed by atoms with Crippen LogP contribution >= 0.6 is 11.6 Å². The van der Waals surface area contributed by atoms with Gasteiger partial charge in [0.25, 0.3) is 0 Å². The number of hydrogen-bond donors (Lipinski definition) is 0. The Labute approximate surface area is 94.5 Å². The van der Waals surface area contributed by atoms with Crippen LogP contribution in [0.3, 0.4) is 0 Å². The number of hydrogen-bond acceptors (Lipinski definition) is 2. The van der Waals surface area contributed by atoms with Gasteiger partial charge in [-0.15, -0.1) is 0 Å². The van der Waals surface area contributed by atoms with Gasteiger partial charge in [0.1, 0.15) is 0 Å². The van der Waals surface area contributed by atoms with Crippen LogP contribution in [0.4, 0.5) is 13.2 Å². The van der Waals surface area contributed by atoms with Gasteiger partial charge in [0.05, 0.1) is 17.7 Å². The molecule has 0 bridgehead atoms. The van der Waals surface area contributed by atoms with E-state index in [0.717, 1.165) is 18.2 Å². The fourth-order valence-electron chi connectivity index (χ4n) is 1.11. The minimum atomic E-state index is -4.52. The molecule has 0 fully saturated rings. The van der Waals surface area contributed by atoms with Crippen LogP contribution in [0.25, 0.3) is 0 Å². The molecule has 6 heteroatoms. The molecule has 0 aromatic heterocycles. The first-order valence-corrected chi connectivity index (χ1v) is 4.44. The molecule has 0 heterocycles. The van der Waals surface area contributed by atoms with Crippen molar-refractivity contribution in [3.8, 4) is 12.1 Å². The van der Waals surface area contributed by atoms with E-state index in [0.29, 0.717) is 0 Å². The van der Waals surface area contributed by atoms with E-state index in [2.05, 4.69) is 0 Å². The van der Waals surface area contributed by atoms with Crippen molar-refractivity contribution in [2.75, 3.05) is 0 Å². The Morgan fingerprint density at radius 1 is 1.19 bits per heavy atom. The molecule has 1 aromatic carbocycles. The third-order valence-corrected chi connectivity index (χ3v) is 2.24. The molecule has 0 aliphatic rings. The van der Waals surface area contributed by atoms with Crippen LogP contribution in [0.2, 0.25) is 5.02 Å². The molecule has 0 saturated heterocycles. The molecule has 0 radical (unpaired) electrons. The molecule has 0 saturated carbocycles. The highest BCUT2D eigenvalue weighted by molar-refractivity contribution is 6.31. The van der Waals surface area contributed by atoms with E-state index in [4.69, 9.17) is 22.1 Å². The van der Waals surface area contributed by atoms with Crippen LogP contribution in [-0.4, -0.2) is 0 Å². The quantitative estimate of drug-likeness (QED) is 0.759. The Morgan fingerprint density at radius 2 is 1.75 bits per heavy atom. The second-order valence-corrected chi connectivity index (χ2v) is 3.33. The van der Waals surface area contributed by atoms with Gasteiger partial charge in [-0.2, -0.15) is 23.7 Å². The third kappa shape index (κ3) is 2.44. The summed E-state index contributed by atoms with van der Waals surface area (Å²) in [6.45, 7) is 0. The molecule has 1 aromatic rings. The second-order valence-electron chi connectivity index (χ2n) is 2.93. The molecule has 0 aliphatic carbocycles. The highest BCUT2D eigenvalue weighted by Gasteiger charge is 2.31. The monoisotopic (exact) mass is 244 g/mol. The lowest BCUT2D eigenvalue weighted by molar-refractivity contribution is -0.137. The minimum Gasteiger partial charge on any atom is -0.196 e. The molecular formula is C10H4ClF3N2. The Morgan fingerprint density at radius 3 is 2.19 bits per heavy atom. The van der Waals surface area contributed by atoms with E-state index < -0.39 is 17.7 Å². The van der Waals surface area contributed by atoms with Gasteiger partial charge in [-0.25, -0.2) is 0 Å². The summed E-state index contributed by atoms with van der Waals surface area (Å²) < 4.78 is 37.1. The maximum atomic E-state index is 12.4. The van der Waals surface area contributed by atoms with Crippen molar-refractivity contribution in [3.63, 3.8) is 0 Å². The molecule has 0 spiro atoms. The van der Waals surface area contributed by atoms with Gasteiger partial charge in [-0.3, -0.25) is 0 Å². The summed E-state index contributed by atoms with van der Waals surface area (Å²) in [6.07, 6.45) is -4.52. The van der Waals surface area contributed by atoms with Crippen LogP contribution in [0, 0.1) is 22.7 Å². The summed E-state index contributed by atoms with van der Waals surface area (Å²) in [4.78, 5) is 0. The molecule has 1 rings (SSSR count). The summed E-state index contributed by atoms with van der Waals surface area (Å²) in [7, 11) is 0. The highest BCUT2D eigenvalue weighted by atomic mass is 35.5. The fourth-order valence-corrected chi connectivity index (χ4v) is 1.34. The lowest BCUT2D eigenvalue weighted by Crippen LogP contribution is -2.06. The van der Waals surface area contributed by atoms with E-state index in [1.54, 1.807) is 12.1 Å². The molecule has 0 aliphatic heterocycles. The number of halogens is 4. The zero-order valence-electron chi connectivity index (χ0n) is 7.72. The topological polar surface area (TPSA) is 47.6 Å². The molecular weight excluding hydrogens is 241 g/mol. The minimum absolute atomic E-state index is 0.0268. The van der Waals surface area contributed by atoms with Gasteiger partial charge >= 0.3 is 6.18 Å². The average molecular weight is 245 g/mol. The predicted molar refractivity (Wildman–Crippen MR) is 50.4 cm³/mol. The smallest absolute Gasteiger partial charge is 0.196 e. The number of rotatable bonds is 1. The van der Waals surface area contributed by atoms with E-state index >= 15 is 0 Å². The molecule has 16 heavy (non-hydrogen) atoms. The van der Waals surface area contributed by atoms with Crippen LogP contribution in [0.5, 0.6) is 0 Å². The van der Waals surface area contributed by atoms with Gasteiger partial charge in [0.2, 0.25) is 0 Å². The lowest BCUT2D eigenvalue weighted by atomic mass is 9.99. The van der Waals surface area contributed by atoms with Gasteiger partial charge in [0.15, 0.2) is 5.92 Å². The van der Waals surface area contributed by atoms with Crippen molar-refractivity contribution >= 4 is 11.6 Å². The van der Waals surface area contributed by atoms with Crippen molar-refractivity contribution < 1.29 is 13.2 Å². The number of nitriles is 2. The zero-order valence-corrected chi connectivity index (χ0v) is 8.47. The summed E-state index contributed by atoms with van der Waals surface area (Å²) in [6, 6.07) is 5.70. The van der Waals surface area contributed by atoms with E-state index in [9.17, 15) is 13.2 Å². The molecule has 0 amide bonds. The highest BCUT2D eigenvalue weighted by Crippen LogP contribution is 2.33. The first-order valence-electron chi connectivity index (χ1n) is 4.06. The fraction of sp³-hybridized carbons (Fsp3) is 0.200. The Hall–Kier alpha value is -1.72. The SMILES string of the molecule is N#CC(C#N)c1cc(C(F)(F)F)ccc1Cl. The largest absolute Gasteiger partial charge is 0.416 e. The van der Waals surface area contributed by atoms with Crippen LogP contribution in [0.1, 0.15) is 17.0 Å². The van der Waals surface area contributed by atoms with Gasteiger partial charge in [-0.1, -0.05) is 11.6 Å². The molecule has 82 valence electrons. The summed E-state index contributed by atoms with van der Waals surface area (Å²) >= 11 is 5.63. The van der Waals surface area contributed by atoms with Crippen LogP contribution in [0.15, 0.2) is 18.2 Å². The summed E-state index contributed by atoms with van der Waals surface area (Å²) in [5.41, 5.74) is -1.05. The van der Waals surface area contributed by atoms with Crippen molar-refractivity contribution in [2.45, 2.75) is 12.1 Å². The molecule has 2 nitrogen and oxygen atoms in total. The molecule has 0 N–H and O–H groups in total. The number of benzene rings is 1. The Balaban J connectivity index is 3.32. The van der Waals surface area contributed by atoms with Gasteiger partial charge < -0.3 is 0 Å². The van der Waals surface area contributed by atoms with Crippen molar-refractivity contribution in [3.05, 3.63) is 34.3 Å². The van der Waals surface area contributed by atoms with E-state index in [-0.39, 0.29) is 10.6 Å². The summed E-state index contributed by atoms with van der Waals surface area (Å²) in [5, 5.41) is 17.1. The standard InChI is InChI=1S/C10H4ClF3N2/c11-9-2-1-7(10(12,13)14)3-8(9)6(4-15)5-16/h1-3,6H.